The SMILES string of the molecule is COC(=O)[C@]12CCC(C)(C)C[C@H]1C1=CC[C@@H]3[C@@]4(C)C[C@@H]5OC(C)(C)O[C@@H]5C(C)(C)[C@@H]4CC[C@@]3(C)[C@]1(C)CC2. The molecule has 0 amide bonds. The Hall–Kier alpha value is -0.870. The monoisotopic (exact) mass is 526 g/mol. The van der Waals surface area contributed by atoms with Crippen molar-refractivity contribution < 1.29 is 19.0 Å². The first-order valence-electron chi connectivity index (χ1n) is 15.6. The van der Waals surface area contributed by atoms with Gasteiger partial charge in [-0.05, 0) is 116 Å². The van der Waals surface area contributed by atoms with E-state index in [9.17, 15) is 4.79 Å². The molecule has 1 saturated heterocycles. The molecule has 4 heteroatoms. The van der Waals surface area contributed by atoms with E-state index >= 15 is 0 Å². The summed E-state index contributed by atoms with van der Waals surface area (Å²) < 4.78 is 18.7. The lowest BCUT2D eigenvalue weighted by Crippen LogP contribution is -2.66. The molecule has 6 rings (SSSR count). The quantitative estimate of drug-likeness (QED) is 0.256. The fraction of sp³-hybridized carbons (Fsp3) is 0.912. The number of allylic oxidation sites excluding steroid dienone is 2. The summed E-state index contributed by atoms with van der Waals surface area (Å²) in [5.74, 6) is 1.08. The van der Waals surface area contributed by atoms with Crippen LogP contribution >= 0.6 is 0 Å². The van der Waals surface area contributed by atoms with Crippen LogP contribution in [-0.4, -0.2) is 31.1 Å². The molecule has 0 aromatic rings. The highest BCUT2D eigenvalue weighted by Gasteiger charge is 2.71. The molecule has 214 valence electrons. The van der Waals surface area contributed by atoms with Crippen LogP contribution in [-0.2, 0) is 19.0 Å². The molecule has 0 aromatic heterocycles. The minimum absolute atomic E-state index is 0.0463. The molecular weight excluding hydrogens is 472 g/mol. The third-order valence-corrected chi connectivity index (χ3v) is 14.0. The molecule has 5 fully saturated rings. The summed E-state index contributed by atoms with van der Waals surface area (Å²) in [5.41, 5.74) is 2.15. The molecule has 5 aliphatic carbocycles. The Kier molecular flexibility index (Phi) is 5.68. The topological polar surface area (TPSA) is 44.8 Å². The number of hydrogen-bond acceptors (Lipinski definition) is 4. The maximum Gasteiger partial charge on any atom is 0.312 e. The third-order valence-electron chi connectivity index (χ3n) is 14.0. The van der Waals surface area contributed by atoms with E-state index in [-0.39, 0.29) is 50.7 Å². The van der Waals surface area contributed by atoms with E-state index in [1.54, 1.807) is 12.7 Å². The molecule has 0 radical (unpaired) electrons. The molecule has 1 heterocycles. The predicted octanol–water partition coefficient (Wildman–Crippen LogP) is 8.09. The summed E-state index contributed by atoms with van der Waals surface area (Å²) in [6, 6.07) is 0. The van der Waals surface area contributed by atoms with E-state index in [0.717, 1.165) is 44.9 Å². The number of rotatable bonds is 1. The van der Waals surface area contributed by atoms with E-state index in [4.69, 9.17) is 14.2 Å². The van der Waals surface area contributed by atoms with Gasteiger partial charge < -0.3 is 14.2 Å². The van der Waals surface area contributed by atoms with Crippen LogP contribution < -0.4 is 0 Å². The highest BCUT2D eigenvalue weighted by atomic mass is 16.8. The van der Waals surface area contributed by atoms with Gasteiger partial charge in [0.2, 0.25) is 0 Å². The molecule has 4 nitrogen and oxygen atoms in total. The zero-order chi connectivity index (χ0) is 27.7. The number of methoxy groups -OCH3 is 1. The summed E-state index contributed by atoms with van der Waals surface area (Å²) >= 11 is 0. The van der Waals surface area contributed by atoms with Gasteiger partial charge in [-0.2, -0.15) is 0 Å². The Morgan fingerprint density at radius 1 is 0.868 bits per heavy atom. The third kappa shape index (κ3) is 3.31. The van der Waals surface area contributed by atoms with Crippen molar-refractivity contribution in [2.75, 3.05) is 7.11 Å². The van der Waals surface area contributed by atoms with Crippen molar-refractivity contribution in [1.29, 1.82) is 0 Å². The minimum Gasteiger partial charge on any atom is -0.469 e. The molecule has 9 atom stereocenters. The molecular formula is C34H54O4. The Morgan fingerprint density at radius 2 is 1.55 bits per heavy atom. The number of fused-ring (bicyclic) bond motifs is 8. The first-order valence-corrected chi connectivity index (χ1v) is 15.6. The predicted molar refractivity (Wildman–Crippen MR) is 150 cm³/mol. The van der Waals surface area contributed by atoms with Gasteiger partial charge in [-0.25, -0.2) is 0 Å². The van der Waals surface area contributed by atoms with Crippen LogP contribution in [0.15, 0.2) is 11.6 Å². The van der Waals surface area contributed by atoms with Crippen LogP contribution in [0.5, 0.6) is 0 Å². The van der Waals surface area contributed by atoms with Crippen molar-refractivity contribution in [3.8, 4) is 0 Å². The van der Waals surface area contributed by atoms with Crippen molar-refractivity contribution in [3.05, 3.63) is 11.6 Å². The van der Waals surface area contributed by atoms with E-state index in [0.29, 0.717) is 17.8 Å². The molecule has 4 saturated carbocycles. The van der Waals surface area contributed by atoms with Gasteiger partial charge in [-0.15, -0.1) is 0 Å². The number of hydrogen-bond donors (Lipinski definition) is 0. The number of ether oxygens (including phenoxy) is 3. The van der Waals surface area contributed by atoms with Crippen LogP contribution in [0.1, 0.15) is 120 Å². The average Bonchev–Trinajstić information content (AvgIpc) is 3.13. The van der Waals surface area contributed by atoms with E-state index in [1.165, 1.54) is 12.8 Å². The smallest absolute Gasteiger partial charge is 0.312 e. The minimum atomic E-state index is -0.500. The van der Waals surface area contributed by atoms with Gasteiger partial charge in [0.1, 0.15) is 0 Å². The van der Waals surface area contributed by atoms with Crippen LogP contribution in [0, 0.1) is 50.2 Å². The lowest BCUT2D eigenvalue weighted by atomic mass is 9.33. The van der Waals surface area contributed by atoms with Crippen molar-refractivity contribution in [1.82, 2.24) is 0 Å². The maximum absolute atomic E-state index is 13.5. The van der Waals surface area contributed by atoms with Crippen molar-refractivity contribution >= 4 is 5.97 Å². The molecule has 0 spiro atoms. The number of esters is 1. The summed E-state index contributed by atoms with van der Waals surface area (Å²) in [5, 5.41) is 0. The second kappa shape index (κ2) is 7.90. The highest BCUT2D eigenvalue weighted by molar-refractivity contribution is 5.78. The van der Waals surface area contributed by atoms with E-state index in [2.05, 4.69) is 68.4 Å². The van der Waals surface area contributed by atoms with Gasteiger partial charge in [-0.3, -0.25) is 4.79 Å². The van der Waals surface area contributed by atoms with E-state index in [1.807, 2.05) is 0 Å². The van der Waals surface area contributed by atoms with Crippen molar-refractivity contribution in [3.63, 3.8) is 0 Å². The Bertz CT molecular complexity index is 1050. The first kappa shape index (κ1) is 27.3. The Labute approximate surface area is 232 Å². The molecule has 0 aromatic carbocycles. The standard InChI is InChI=1S/C34H54O4/c1-28(2)15-17-34(27(35)36-10)18-16-32(8)21(22(34)19-28)11-12-25-31(7)20-23-26(38-30(5,6)37-23)29(3,4)24(31)13-14-33(25,32)9/h11,22-26H,12-20H2,1-10H3/t22-,23-,24-,25+,26-,31-,32+,33+,34-/m0/s1. The van der Waals surface area contributed by atoms with Crippen LogP contribution in [0.4, 0.5) is 0 Å². The fourth-order valence-corrected chi connectivity index (χ4v) is 11.9. The summed E-state index contributed by atoms with van der Waals surface area (Å²) in [7, 11) is 1.60. The molecule has 6 aliphatic rings. The van der Waals surface area contributed by atoms with Gasteiger partial charge in [0.05, 0.1) is 24.7 Å². The number of carbonyl (C=O) groups excluding carboxylic acids is 1. The van der Waals surface area contributed by atoms with Crippen LogP contribution in [0.3, 0.4) is 0 Å². The van der Waals surface area contributed by atoms with Gasteiger partial charge in [0.25, 0.3) is 0 Å². The van der Waals surface area contributed by atoms with Gasteiger partial charge in [0, 0.05) is 0 Å². The van der Waals surface area contributed by atoms with Crippen molar-refractivity contribution in [2.24, 2.45) is 50.2 Å². The Morgan fingerprint density at radius 3 is 2.24 bits per heavy atom. The second-order valence-electron chi connectivity index (χ2n) is 17.0. The fourth-order valence-electron chi connectivity index (χ4n) is 11.9. The van der Waals surface area contributed by atoms with Gasteiger partial charge >= 0.3 is 5.97 Å². The molecule has 38 heavy (non-hydrogen) atoms. The first-order chi connectivity index (χ1) is 17.5. The maximum atomic E-state index is 13.5. The zero-order valence-corrected chi connectivity index (χ0v) is 26.0. The van der Waals surface area contributed by atoms with E-state index < -0.39 is 5.79 Å². The summed E-state index contributed by atoms with van der Waals surface area (Å²) in [6.45, 7) is 21.8. The lowest BCUT2D eigenvalue weighted by Gasteiger charge is -2.71. The van der Waals surface area contributed by atoms with Gasteiger partial charge in [-0.1, -0.05) is 60.1 Å². The molecule has 0 N–H and O–H groups in total. The van der Waals surface area contributed by atoms with Gasteiger partial charge in [0.15, 0.2) is 5.79 Å². The molecule has 0 unspecified atom stereocenters. The van der Waals surface area contributed by atoms with Crippen LogP contribution in [0.25, 0.3) is 0 Å². The highest BCUT2D eigenvalue weighted by Crippen LogP contribution is 2.76. The normalized spacial score (nSPS) is 51.8. The molecule has 0 bridgehead atoms. The number of carbonyl (C=O) groups is 1. The Balaban J connectivity index is 1.43. The lowest BCUT2D eigenvalue weighted by molar-refractivity contribution is -0.213. The largest absolute Gasteiger partial charge is 0.469 e. The summed E-state index contributed by atoms with van der Waals surface area (Å²) in [6.07, 6.45) is 13.0. The average molecular weight is 527 g/mol. The molecule has 1 aliphatic heterocycles. The summed E-state index contributed by atoms with van der Waals surface area (Å²) in [4.78, 5) is 13.5. The van der Waals surface area contributed by atoms with Crippen molar-refractivity contribution in [2.45, 2.75) is 138 Å². The second-order valence-corrected chi connectivity index (χ2v) is 17.0. The zero-order valence-electron chi connectivity index (χ0n) is 26.0. The van der Waals surface area contributed by atoms with Crippen LogP contribution in [0.2, 0.25) is 0 Å².